The Labute approximate surface area is 121 Å². The maximum Gasteiger partial charge on any atom is 0.290 e. The van der Waals surface area contributed by atoms with Crippen LogP contribution in [0.15, 0.2) is 29.0 Å². The first kappa shape index (κ1) is 13.7. The van der Waals surface area contributed by atoms with Gasteiger partial charge < -0.3 is 14.6 Å². The van der Waals surface area contributed by atoms with Crippen molar-refractivity contribution in [2.75, 3.05) is 13.2 Å². The molecule has 1 saturated heterocycles. The summed E-state index contributed by atoms with van der Waals surface area (Å²) in [5, 5.41) is 6.24. The lowest BCUT2D eigenvalue weighted by Gasteiger charge is -2.20. The molecule has 0 aliphatic carbocycles. The number of rotatable bonds is 4. The smallest absolute Gasteiger partial charge is 0.290 e. The third-order valence-electron chi connectivity index (χ3n) is 3.35. The highest BCUT2D eigenvalue weighted by Crippen LogP contribution is 2.22. The second-order valence-corrected chi connectivity index (χ2v) is 4.88. The minimum Gasteiger partial charge on any atom is -0.381 e. The van der Waals surface area contributed by atoms with Crippen molar-refractivity contribution in [2.24, 2.45) is 0 Å². The van der Waals surface area contributed by atoms with E-state index in [-0.39, 0.29) is 17.6 Å². The van der Waals surface area contributed by atoms with Crippen LogP contribution in [-0.4, -0.2) is 34.2 Å². The van der Waals surface area contributed by atoms with Crippen LogP contribution in [0.25, 0.3) is 0 Å². The summed E-state index contributed by atoms with van der Waals surface area (Å²) in [5.41, 5.74) is 0.762. The molecule has 1 atom stereocenters. The number of nitrogens with one attached hydrogen (secondary N) is 1. The Kier molecular flexibility index (Phi) is 4.20. The van der Waals surface area contributed by atoms with E-state index < -0.39 is 0 Å². The fraction of sp³-hybridized carbons (Fsp3) is 0.429. The van der Waals surface area contributed by atoms with Crippen LogP contribution in [0.4, 0.5) is 0 Å². The zero-order chi connectivity index (χ0) is 14.5. The van der Waals surface area contributed by atoms with Gasteiger partial charge in [0.15, 0.2) is 0 Å². The molecule has 0 aromatic carbocycles. The first-order valence-electron chi connectivity index (χ1n) is 6.91. The average Bonchev–Trinajstić information content (AvgIpc) is 3.08. The van der Waals surface area contributed by atoms with Crippen molar-refractivity contribution in [3.8, 4) is 0 Å². The number of carbonyl (C=O) groups is 1. The predicted molar refractivity (Wildman–Crippen MR) is 72.5 cm³/mol. The lowest BCUT2D eigenvalue weighted by molar-refractivity contribution is 0.0779. The van der Waals surface area contributed by atoms with Crippen molar-refractivity contribution >= 4 is 5.91 Å². The number of carbonyl (C=O) groups excluding carboxylic acids is 1. The highest BCUT2D eigenvalue weighted by molar-refractivity contribution is 5.91. The second-order valence-electron chi connectivity index (χ2n) is 4.88. The van der Waals surface area contributed by atoms with Crippen molar-refractivity contribution in [3.63, 3.8) is 0 Å². The minimum atomic E-state index is -0.311. The lowest BCUT2D eigenvalue weighted by atomic mass is 10.0. The summed E-state index contributed by atoms with van der Waals surface area (Å²) in [6.07, 6.45) is 5.21. The van der Waals surface area contributed by atoms with Gasteiger partial charge in [0.25, 0.3) is 5.91 Å². The lowest BCUT2D eigenvalue weighted by Crippen LogP contribution is -2.24. The molecule has 2 aromatic rings. The Bertz CT molecular complexity index is 594. The summed E-state index contributed by atoms with van der Waals surface area (Å²) < 4.78 is 10.2. The fourth-order valence-corrected chi connectivity index (χ4v) is 2.24. The molecule has 0 spiro atoms. The van der Waals surface area contributed by atoms with Gasteiger partial charge in [-0.2, -0.15) is 0 Å². The van der Waals surface area contributed by atoms with Crippen molar-refractivity contribution in [1.29, 1.82) is 0 Å². The molecule has 0 bridgehead atoms. The van der Waals surface area contributed by atoms with Crippen LogP contribution in [0, 0.1) is 0 Å². The van der Waals surface area contributed by atoms with E-state index in [0.29, 0.717) is 13.2 Å². The molecule has 2 aromatic heterocycles. The van der Waals surface area contributed by atoms with E-state index in [1.54, 1.807) is 12.3 Å². The predicted octanol–water partition coefficient (Wildman–Crippen LogP) is 1.29. The molecule has 110 valence electrons. The van der Waals surface area contributed by atoms with E-state index in [4.69, 9.17) is 9.26 Å². The molecule has 1 amide bonds. The van der Waals surface area contributed by atoms with Gasteiger partial charge in [-0.3, -0.25) is 4.79 Å². The van der Waals surface area contributed by atoms with Crippen LogP contribution in [0.1, 0.15) is 40.8 Å². The highest BCUT2D eigenvalue weighted by atomic mass is 16.5. The van der Waals surface area contributed by atoms with Crippen LogP contribution < -0.4 is 5.32 Å². The van der Waals surface area contributed by atoms with E-state index in [9.17, 15) is 4.79 Å². The Hall–Kier alpha value is -2.28. The fourth-order valence-electron chi connectivity index (χ4n) is 2.24. The molecule has 1 N–H and O–H groups in total. The van der Waals surface area contributed by atoms with Gasteiger partial charge >= 0.3 is 0 Å². The topological polar surface area (TPSA) is 90.1 Å². The summed E-state index contributed by atoms with van der Waals surface area (Å²) in [6.45, 7) is 1.79. The molecule has 3 heterocycles. The Balaban J connectivity index is 1.62. The summed E-state index contributed by atoms with van der Waals surface area (Å²) in [4.78, 5) is 20.6. The molecular formula is C14H16N4O3. The van der Waals surface area contributed by atoms with E-state index in [2.05, 4.69) is 20.4 Å². The second kappa shape index (κ2) is 6.45. The largest absolute Gasteiger partial charge is 0.381 e. The average molecular weight is 288 g/mol. The van der Waals surface area contributed by atoms with Crippen molar-refractivity contribution in [3.05, 3.63) is 41.8 Å². The maximum atomic E-state index is 11.8. The number of aromatic nitrogens is 3. The maximum absolute atomic E-state index is 11.8. The monoisotopic (exact) mass is 288 g/mol. The third kappa shape index (κ3) is 3.43. The molecule has 1 fully saturated rings. The minimum absolute atomic E-state index is 0.185. The van der Waals surface area contributed by atoms with Gasteiger partial charge in [0, 0.05) is 24.8 Å². The van der Waals surface area contributed by atoms with Gasteiger partial charge in [-0.05, 0) is 18.9 Å². The highest BCUT2D eigenvalue weighted by Gasteiger charge is 2.19. The van der Waals surface area contributed by atoms with Crippen LogP contribution in [-0.2, 0) is 11.3 Å². The summed E-state index contributed by atoms with van der Waals surface area (Å²) in [5.74, 6) is 0.892. The number of nitrogens with zero attached hydrogens (tertiary/aromatic N) is 3. The van der Waals surface area contributed by atoms with Crippen LogP contribution >= 0.6 is 0 Å². The van der Waals surface area contributed by atoms with Gasteiger partial charge in [0.2, 0.25) is 5.76 Å². The first-order chi connectivity index (χ1) is 10.3. The SMILES string of the molecule is O=C(NCc1ccnc([C@H]2CCCOC2)n1)c1ccno1. The summed E-state index contributed by atoms with van der Waals surface area (Å²) >= 11 is 0. The first-order valence-corrected chi connectivity index (χ1v) is 6.91. The van der Waals surface area contributed by atoms with Gasteiger partial charge in [-0.1, -0.05) is 5.16 Å². The Morgan fingerprint density at radius 3 is 3.10 bits per heavy atom. The van der Waals surface area contributed by atoms with E-state index in [0.717, 1.165) is 31.0 Å². The Morgan fingerprint density at radius 1 is 1.38 bits per heavy atom. The molecule has 1 aliphatic rings. The van der Waals surface area contributed by atoms with Gasteiger partial charge in [0.05, 0.1) is 25.0 Å². The van der Waals surface area contributed by atoms with Crippen LogP contribution in [0.3, 0.4) is 0 Å². The molecule has 7 nitrogen and oxygen atoms in total. The van der Waals surface area contributed by atoms with Gasteiger partial charge in [-0.25, -0.2) is 9.97 Å². The van der Waals surface area contributed by atoms with Gasteiger partial charge in [-0.15, -0.1) is 0 Å². The van der Waals surface area contributed by atoms with Crippen molar-refractivity contribution in [2.45, 2.75) is 25.3 Å². The zero-order valence-corrected chi connectivity index (χ0v) is 11.5. The quantitative estimate of drug-likeness (QED) is 0.911. The molecule has 3 rings (SSSR count). The van der Waals surface area contributed by atoms with E-state index in [1.165, 1.54) is 12.3 Å². The number of hydrogen-bond donors (Lipinski definition) is 1. The zero-order valence-electron chi connectivity index (χ0n) is 11.5. The molecule has 0 unspecified atom stereocenters. The summed E-state index contributed by atoms with van der Waals surface area (Å²) in [7, 11) is 0. The molecule has 1 aliphatic heterocycles. The van der Waals surface area contributed by atoms with E-state index in [1.807, 2.05) is 0 Å². The van der Waals surface area contributed by atoms with Gasteiger partial charge in [0.1, 0.15) is 5.82 Å². The molecule has 0 radical (unpaired) electrons. The van der Waals surface area contributed by atoms with Crippen molar-refractivity contribution in [1.82, 2.24) is 20.4 Å². The molecule has 0 saturated carbocycles. The normalized spacial score (nSPS) is 18.4. The van der Waals surface area contributed by atoms with Crippen LogP contribution in [0.2, 0.25) is 0 Å². The Morgan fingerprint density at radius 2 is 2.33 bits per heavy atom. The standard InChI is InChI=1S/C14H16N4O3/c19-14(12-4-6-17-21-12)16-8-11-3-5-15-13(18-11)10-2-1-7-20-9-10/h3-6,10H,1-2,7-9H2,(H,16,19)/t10-/m0/s1. The number of ether oxygens (including phenoxy) is 1. The summed E-state index contributed by atoms with van der Waals surface area (Å²) in [6, 6.07) is 3.30. The third-order valence-corrected chi connectivity index (χ3v) is 3.35. The van der Waals surface area contributed by atoms with E-state index >= 15 is 0 Å². The molecular weight excluding hydrogens is 272 g/mol. The molecule has 7 heteroatoms. The van der Waals surface area contributed by atoms with Crippen LogP contribution in [0.5, 0.6) is 0 Å². The molecule has 21 heavy (non-hydrogen) atoms. The number of hydrogen-bond acceptors (Lipinski definition) is 6. The number of amides is 1. The van der Waals surface area contributed by atoms with Crippen molar-refractivity contribution < 1.29 is 14.1 Å².